The number of benzene rings is 1. The Morgan fingerprint density at radius 2 is 2.04 bits per heavy atom. The van der Waals surface area contributed by atoms with Gasteiger partial charge in [0.25, 0.3) is 0 Å². The summed E-state index contributed by atoms with van der Waals surface area (Å²) in [6.45, 7) is 2.01. The maximum Gasteiger partial charge on any atom is 0.246 e. The number of likely N-dealkylation sites (N-methyl/N-ethyl adjacent to an activating group) is 1. The summed E-state index contributed by atoms with van der Waals surface area (Å²) in [5.41, 5.74) is 1.95. The highest BCUT2D eigenvalue weighted by molar-refractivity contribution is 5.91. The van der Waals surface area contributed by atoms with Crippen LogP contribution in [-0.4, -0.2) is 55.0 Å². The first-order chi connectivity index (χ1) is 12.1. The van der Waals surface area contributed by atoms with E-state index in [-0.39, 0.29) is 5.91 Å². The molecule has 1 aromatic carbocycles. The summed E-state index contributed by atoms with van der Waals surface area (Å²) in [7, 11) is 5.63. The summed E-state index contributed by atoms with van der Waals surface area (Å²) < 4.78 is 5.21. The third-order valence-electron chi connectivity index (χ3n) is 3.74. The number of rotatable bonds is 8. The van der Waals surface area contributed by atoms with Crippen LogP contribution < -0.4 is 4.74 Å². The van der Waals surface area contributed by atoms with Crippen molar-refractivity contribution in [1.29, 1.82) is 0 Å². The number of carbonyl (C=O) groups excluding carboxylic acids is 1. The van der Waals surface area contributed by atoms with Crippen LogP contribution >= 0.6 is 0 Å². The Labute approximate surface area is 149 Å². The van der Waals surface area contributed by atoms with E-state index < -0.39 is 0 Å². The minimum Gasteiger partial charge on any atom is -0.497 e. The first kappa shape index (κ1) is 18.7. The summed E-state index contributed by atoms with van der Waals surface area (Å²) in [4.78, 5) is 20.7. The molecule has 5 nitrogen and oxygen atoms in total. The van der Waals surface area contributed by atoms with Crippen LogP contribution in [0.2, 0.25) is 0 Å². The Hall–Kier alpha value is -2.66. The maximum absolute atomic E-state index is 12.7. The number of aromatic nitrogens is 1. The molecule has 0 N–H and O–H groups in total. The number of methoxy groups -OCH3 is 1. The SMILES string of the molecule is COc1cccc(C=CC(=O)N(CCN(C)C)Cc2cccnc2)c1. The van der Waals surface area contributed by atoms with Crippen molar-refractivity contribution in [1.82, 2.24) is 14.8 Å². The number of carbonyl (C=O) groups is 1. The fourth-order valence-electron chi connectivity index (χ4n) is 2.32. The van der Waals surface area contributed by atoms with Gasteiger partial charge in [0, 0.05) is 38.1 Å². The van der Waals surface area contributed by atoms with Crippen LogP contribution in [0.3, 0.4) is 0 Å². The smallest absolute Gasteiger partial charge is 0.246 e. The monoisotopic (exact) mass is 339 g/mol. The van der Waals surface area contributed by atoms with Crippen molar-refractivity contribution < 1.29 is 9.53 Å². The maximum atomic E-state index is 12.7. The fraction of sp³-hybridized carbons (Fsp3) is 0.300. The molecular formula is C20H25N3O2. The lowest BCUT2D eigenvalue weighted by atomic mass is 10.2. The molecule has 0 radical (unpaired) electrons. The van der Waals surface area contributed by atoms with Crippen LogP contribution in [0.25, 0.3) is 6.08 Å². The van der Waals surface area contributed by atoms with Crippen LogP contribution in [0.1, 0.15) is 11.1 Å². The lowest BCUT2D eigenvalue weighted by molar-refractivity contribution is -0.126. The molecule has 25 heavy (non-hydrogen) atoms. The quantitative estimate of drug-likeness (QED) is 0.694. The van der Waals surface area contributed by atoms with Gasteiger partial charge in [0.05, 0.1) is 7.11 Å². The molecule has 0 aliphatic rings. The standard InChI is InChI=1S/C20H25N3O2/c1-22(2)12-13-23(16-18-7-5-11-21-15-18)20(24)10-9-17-6-4-8-19(14-17)25-3/h4-11,14-15H,12-13,16H2,1-3H3. The Morgan fingerprint density at radius 1 is 1.20 bits per heavy atom. The van der Waals surface area contributed by atoms with Gasteiger partial charge in [-0.2, -0.15) is 0 Å². The fourth-order valence-corrected chi connectivity index (χ4v) is 2.32. The molecule has 0 saturated carbocycles. The highest BCUT2D eigenvalue weighted by Crippen LogP contribution is 2.14. The molecule has 0 fully saturated rings. The third kappa shape index (κ3) is 6.39. The molecule has 1 aromatic heterocycles. The molecule has 1 amide bonds. The van der Waals surface area contributed by atoms with Gasteiger partial charge in [0.15, 0.2) is 0 Å². The Morgan fingerprint density at radius 3 is 2.72 bits per heavy atom. The molecule has 132 valence electrons. The molecule has 0 saturated heterocycles. The van der Waals surface area contributed by atoms with Gasteiger partial charge in [-0.05, 0) is 49.5 Å². The van der Waals surface area contributed by atoms with Crippen LogP contribution in [0.5, 0.6) is 5.75 Å². The summed E-state index contributed by atoms with van der Waals surface area (Å²) in [6, 6.07) is 11.5. The van der Waals surface area contributed by atoms with Crippen LogP contribution in [0, 0.1) is 0 Å². The second kappa shape index (κ2) is 9.59. The molecule has 1 heterocycles. The van der Waals surface area contributed by atoms with E-state index in [0.717, 1.165) is 23.4 Å². The lowest BCUT2D eigenvalue weighted by Gasteiger charge is -2.23. The van der Waals surface area contributed by atoms with Crippen molar-refractivity contribution in [3.05, 3.63) is 66.0 Å². The van der Waals surface area contributed by atoms with Crippen molar-refractivity contribution in [2.75, 3.05) is 34.3 Å². The molecule has 0 unspecified atom stereocenters. The summed E-state index contributed by atoms with van der Waals surface area (Å²) in [5, 5.41) is 0. The number of ether oxygens (including phenoxy) is 1. The summed E-state index contributed by atoms with van der Waals surface area (Å²) in [6.07, 6.45) is 6.96. The second-order valence-electron chi connectivity index (χ2n) is 6.03. The summed E-state index contributed by atoms with van der Waals surface area (Å²) in [5.74, 6) is 0.753. The Bertz CT molecular complexity index is 699. The van der Waals surface area contributed by atoms with Gasteiger partial charge in [0.1, 0.15) is 5.75 Å². The van der Waals surface area contributed by atoms with Crippen LogP contribution in [0.4, 0.5) is 0 Å². The van der Waals surface area contributed by atoms with Crippen molar-refractivity contribution in [3.63, 3.8) is 0 Å². The lowest BCUT2D eigenvalue weighted by Crippen LogP contribution is -2.35. The van der Waals surface area contributed by atoms with E-state index in [2.05, 4.69) is 9.88 Å². The van der Waals surface area contributed by atoms with Gasteiger partial charge >= 0.3 is 0 Å². The normalized spacial score (nSPS) is 11.0. The van der Waals surface area contributed by atoms with E-state index in [1.807, 2.05) is 61.5 Å². The zero-order chi connectivity index (χ0) is 18.1. The molecule has 2 aromatic rings. The number of nitrogens with zero attached hydrogens (tertiary/aromatic N) is 3. The largest absolute Gasteiger partial charge is 0.497 e. The molecule has 0 atom stereocenters. The van der Waals surface area contributed by atoms with Gasteiger partial charge in [-0.15, -0.1) is 0 Å². The predicted octanol–water partition coefficient (Wildman–Crippen LogP) is 2.69. The third-order valence-corrected chi connectivity index (χ3v) is 3.74. The number of amides is 1. The van der Waals surface area contributed by atoms with Crippen LogP contribution in [0.15, 0.2) is 54.9 Å². The molecule has 2 rings (SSSR count). The first-order valence-corrected chi connectivity index (χ1v) is 8.23. The van der Waals surface area contributed by atoms with E-state index in [1.54, 1.807) is 25.6 Å². The average Bonchev–Trinajstić information content (AvgIpc) is 2.64. The van der Waals surface area contributed by atoms with Crippen molar-refractivity contribution in [3.8, 4) is 5.75 Å². The summed E-state index contributed by atoms with van der Waals surface area (Å²) >= 11 is 0. The molecule has 0 aliphatic carbocycles. The second-order valence-corrected chi connectivity index (χ2v) is 6.03. The molecule has 5 heteroatoms. The zero-order valence-corrected chi connectivity index (χ0v) is 15.1. The van der Waals surface area contributed by atoms with E-state index in [9.17, 15) is 4.79 Å². The zero-order valence-electron chi connectivity index (χ0n) is 15.1. The minimum absolute atomic E-state index is 0.0199. The molecule has 0 bridgehead atoms. The van der Waals surface area contributed by atoms with Gasteiger partial charge in [0.2, 0.25) is 5.91 Å². The first-order valence-electron chi connectivity index (χ1n) is 8.23. The van der Waals surface area contributed by atoms with Gasteiger partial charge in [-0.1, -0.05) is 18.2 Å². The number of hydrogen-bond acceptors (Lipinski definition) is 4. The van der Waals surface area contributed by atoms with Crippen molar-refractivity contribution in [2.45, 2.75) is 6.54 Å². The molecule has 0 spiro atoms. The van der Waals surface area contributed by atoms with E-state index >= 15 is 0 Å². The van der Waals surface area contributed by atoms with Gasteiger partial charge in [-0.25, -0.2) is 0 Å². The molecule has 0 aliphatic heterocycles. The Balaban J connectivity index is 2.08. The topological polar surface area (TPSA) is 45.7 Å². The number of pyridine rings is 1. The van der Waals surface area contributed by atoms with Gasteiger partial charge in [-0.3, -0.25) is 9.78 Å². The highest BCUT2D eigenvalue weighted by Gasteiger charge is 2.12. The minimum atomic E-state index is -0.0199. The number of hydrogen-bond donors (Lipinski definition) is 0. The van der Waals surface area contributed by atoms with E-state index in [0.29, 0.717) is 13.1 Å². The van der Waals surface area contributed by atoms with E-state index in [1.165, 1.54) is 0 Å². The predicted molar refractivity (Wildman–Crippen MR) is 100 cm³/mol. The Kier molecular flexibility index (Phi) is 7.16. The molecular weight excluding hydrogens is 314 g/mol. The van der Waals surface area contributed by atoms with Crippen molar-refractivity contribution in [2.24, 2.45) is 0 Å². The average molecular weight is 339 g/mol. The highest BCUT2D eigenvalue weighted by atomic mass is 16.5. The van der Waals surface area contributed by atoms with Crippen LogP contribution in [-0.2, 0) is 11.3 Å². The van der Waals surface area contributed by atoms with Gasteiger partial charge < -0.3 is 14.5 Å². The van der Waals surface area contributed by atoms with Crippen molar-refractivity contribution >= 4 is 12.0 Å². The van der Waals surface area contributed by atoms with E-state index in [4.69, 9.17) is 4.74 Å².